The van der Waals surface area contributed by atoms with Crippen LogP contribution in [-0.4, -0.2) is 9.55 Å². The van der Waals surface area contributed by atoms with Crippen LogP contribution in [0.2, 0.25) is 5.15 Å². The predicted molar refractivity (Wildman–Crippen MR) is 84.0 cm³/mol. The summed E-state index contributed by atoms with van der Waals surface area (Å²) in [5.74, 6) is 0. The van der Waals surface area contributed by atoms with Gasteiger partial charge in [-0.1, -0.05) is 54.3 Å². The standard InChI is InChI=1S/C16H17ClN2O2/c1-10-5-4-6-11(9-10)13-14(17)18-16(21)19(15(13)20)12-7-2-3-8-12/h4-6,9,12H,2-3,7-8H2,1H3,(H,18,21). The van der Waals surface area contributed by atoms with Crippen molar-refractivity contribution in [1.29, 1.82) is 0 Å². The molecule has 2 aromatic rings. The van der Waals surface area contributed by atoms with Crippen molar-refractivity contribution < 1.29 is 0 Å². The Kier molecular flexibility index (Phi) is 3.72. The lowest BCUT2D eigenvalue weighted by Crippen LogP contribution is -2.38. The number of H-pyrrole nitrogens is 1. The number of aromatic nitrogens is 2. The van der Waals surface area contributed by atoms with Crippen LogP contribution in [-0.2, 0) is 0 Å². The van der Waals surface area contributed by atoms with Crippen molar-refractivity contribution in [1.82, 2.24) is 9.55 Å². The molecule has 21 heavy (non-hydrogen) atoms. The normalized spacial score (nSPS) is 15.5. The van der Waals surface area contributed by atoms with Gasteiger partial charge in [0.2, 0.25) is 0 Å². The first-order chi connectivity index (χ1) is 10.1. The maximum absolute atomic E-state index is 12.8. The molecular formula is C16H17ClN2O2. The second-order valence-electron chi connectivity index (χ2n) is 5.60. The number of aryl methyl sites for hydroxylation is 1. The molecule has 1 aromatic heterocycles. The SMILES string of the molecule is Cc1cccc(-c2c(Cl)[nH]c(=O)n(C3CCCC3)c2=O)c1. The third kappa shape index (κ3) is 2.56. The molecular weight excluding hydrogens is 288 g/mol. The molecule has 0 aliphatic heterocycles. The summed E-state index contributed by atoms with van der Waals surface area (Å²) in [5.41, 5.74) is 1.47. The number of rotatable bonds is 2. The molecule has 4 nitrogen and oxygen atoms in total. The largest absolute Gasteiger partial charge is 0.329 e. The summed E-state index contributed by atoms with van der Waals surface area (Å²) in [6, 6.07) is 7.57. The lowest BCUT2D eigenvalue weighted by Gasteiger charge is -2.14. The Morgan fingerprint density at radius 1 is 1.24 bits per heavy atom. The molecule has 1 fully saturated rings. The summed E-state index contributed by atoms with van der Waals surface area (Å²) in [4.78, 5) is 27.5. The van der Waals surface area contributed by atoms with Crippen LogP contribution in [0, 0.1) is 6.92 Å². The molecule has 5 heteroatoms. The van der Waals surface area contributed by atoms with Crippen molar-refractivity contribution in [3.05, 3.63) is 55.8 Å². The van der Waals surface area contributed by atoms with Gasteiger partial charge in [0.15, 0.2) is 0 Å². The van der Waals surface area contributed by atoms with Gasteiger partial charge in [-0.25, -0.2) is 4.79 Å². The topological polar surface area (TPSA) is 54.9 Å². The van der Waals surface area contributed by atoms with E-state index in [-0.39, 0.29) is 16.8 Å². The van der Waals surface area contributed by atoms with Crippen molar-refractivity contribution in [2.24, 2.45) is 0 Å². The summed E-state index contributed by atoms with van der Waals surface area (Å²) < 4.78 is 1.34. The smallest absolute Gasteiger partial charge is 0.297 e. The highest BCUT2D eigenvalue weighted by atomic mass is 35.5. The van der Waals surface area contributed by atoms with E-state index in [1.54, 1.807) is 0 Å². The van der Waals surface area contributed by atoms with E-state index in [4.69, 9.17) is 11.6 Å². The van der Waals surface area contributed by atoms with Crippen molar-refractivity contribution in [3.63, 3.8) is 0 Å². The number of nitrogens with zero attached hydrogens (tertiary/aromatic N) is 1. The molecule has 1 saturated carbocycles. The van der Waals surface area contributed by atoms with Gasteiger partial charge in [-0.15, -0.1) is 0 Å². The first-order valence-electron chi connectivity index (χ1n) is 7.19. The first kappa shape index (κ1) is 14.1. The Bertz CT molecular complexity index is 786. The Hall–Kier alpha value is -1.81. The summed E-state index contributed by atoms with van der Waals surface area (Å²) in [7, 11) is 0. The molecule has 0 saturated heterocycles. The van der Waals surface area contributed by atoms with E-state index in [9.17, 15) is 9.59 Å². The van der Waals surface area contributed by atoms with E-state index >= 15 is 0 Å². The summed E-state index contributed by atoms with van der Waals surface area (Å²) in [5, 5.41) is 0.116. The van der Waals surface area contributed by atoms with Gasteiger partial charge in [-0.3, -0.25) is 14.3 Å². The monoisotopic (exact) mass is 304 g/mol. The fourth-order valence-corrected chi connectivity index (χ4v) is 3.34. The highest BCUT2D eigenvalue weighted by Crippen LogP contribution is 2.29. The van der Waals surface area contributed by atoms with Crippen molar-refractivity contribution >= 4 is 11.6 Å². The molecule has 1 aliphatic rings. The van der Waals surface area contributed by atoms with E-state index in [1.807, 2.05) is 31.2 Å². The van der Waals surface area contributed by atoms with Crippen LogP contribution in [0.5, 0.6) is 0 Å². The number of hydrogen-bond acceptors (Lipinski definition) is 2. The highest BCUT2D eigenvalue weighted by molar-refractivity contribution is 6.32. The number of nitrogens with one attached hydrogen (secondary N) is 1. The Morgan fingerprint density at radius 2 is 1.95 bits per heavy atom. The van der Waals surface area contributed by atoms with Crippen LogP contribution in [0.15, 0.2) is 33.9 Å². The first-order valence-corrected chi connectivity index (χ1v) is 7.57. The van der Waals surface area contributed by atoms with Gasteiger partial charge in [0.25, 0.3) is 5.56 Å². The van der Waals surface area contributed by atoms with Crippen LogP contribution in [0.4, 0.5) is 0 Å². The van der Waals surface area contributed by atoms with Crippen LogP contribution >= 0.6 is 11.6 Å². The quantitative estimate of drug-likeness (QED) is 0.866. The molecule has 0 spiro atoms. The van der Waals surface area contributed by atoms with E-state index in [2.05, 4.69) is 4.98 Å². The molecule has 0 amide bonds. The van der Waals surface area contributed by atoms with Gasteiger partial charge < -0.3 is 0 Å². The highest BCUT2D eigenvalue weighted by Gasteiger charge is 2.23. The molecule has 1 aliphatic carbocycles. The Labute approximate surface area is 127 Å². The van der Waals surface area contributed by atoms with E-state index in [0.29, 0.717) is 5.56 Å². The molecule has 1 N–H and O–H groups in total. The molecule has 0 bridgehead atoms. The number of halogens is 1. The lowest BCUT2D eigenvalue weighted by molar-refractivity contribution is 0.480. The maximum atomic E-state index is 12.8. The Morgan fingerprint density at radius 3 is 2.62 bits per heavy atom. The summed E-state index contributed by atoms with van der Waals surface area (Å²) in [6.45, 7) is 1.96. The maximum Gasteiger partial charge on any atom is 0.329 e. The fourth-order valence-electron chi connectivity index (χ4n) is 3.07. The van der Waals surface area contributed by atoms with Gasteiger partial charge in [0, 0.05) is 6.04 Å². The zero-order valence-electron chi connectivity index (χ0n) is 11.9. The van der Waals surface area contributed by atoms with Gasteiger partial charge >= 0.3 is 5.69 Å². The number of benzene rings is 1. The average molecular weight is 305 g/mol. The van der Waals surface area contributed by atoms with Gasteiger partial charge in [0.1, 0.15) is 5.15 Å². The van der Waals surface area contributed by atoms with Crippen LogP contribution in [0.1, 0.15) is 37.3 Å². The third-order valence-electron chi connectivity index (χ3n) is 4.08. The molecule has 0 atom stereocenters. The minimum atomic E-state index is -0.409. The minimum absolute atomic E-state index is 0.0120. The molecule has 0 radical (unpaired) electrons. The zero-order valence-corrected chi connectivity index (χ0v) is 12.6. The van der Waals surface area contributed by atoms with Gasteiger partial charge in [-0.2, -0.15) is 0 Å². The number of hydrogen-bond donors (Lipinski definition) is 1. The zero-order chi connectivity index (χ0) is 15.0. The van der Waals surface area contributed by atoms with Crippen LogP contribution in [0.25, 0.3) is 11.1 Å². The summed E-state index contributed by atoms with van der Waals surface area (Å²) >= 11 is 6.13. The second-order valence-corrected chi connectivity index (χ2v) is 5.98. The van der Waals surface area contributed by atoms with Crippen molar-refractivity contribution in [3.8, 4) is 11.1 Å². The molecule has 110 valence electrons. The fraction of sp³-hybridized carbons (Fsp3) is 0.375. The second kappa shape index (κ2) is 5.53. The third-order valence-corrected chi connectivity index (χ3v) is 4.37. The van der Waals surface area contributed by atoms with Crippen molar-refractivity contribution in [2.45, 2.75) is 38.6 Å². The van der Waals surface area contributed by atoms with Gasteiger partial charge in [-0.05, 0) is 25.3 Å². The van der Waals surface area contributed by atoms with E-state index in [1.165, 1.54) is 4.57 Å². The van der Waals surface area contributed by atoms with Crippen molar-refractivity contribution in [2.75, 3.05) is 0 Å². The van der Waals surface area contributed by atoms with Crippen LogP contribution < -0.4 is 11.2 Å². The summed E-state index contributed by atoms with van der Waals surface area (Å²) in [6.07, 6.45) is 3.85. The van der Waals surface area contributed by atoms with E-state index in [0.717, 1.165) is 36.8 Å². The van der Waals surface area contributed by atoms with Gasteiger partial charge in [0.05, 0.1) is 5.56 Å². The lowest BCUT2D eigenvalue weighted by atomic mass is 10.1. The van der Waals surface area contributed by atoms with Crippen LogP contribution in [0.3, 0.4) is 0 Å². The molecule has 1 aromatic carbocycles. The van der Waals surface area contributed by atoms with E-state index < -0.39 is 5.69 Å². The molecule has 1 heterocycles. The molecule has 3 rings (SSSR count). The predicted octanol–water partition coefficient (Wildman–Crippen LogP) is 3.28. The molecule has 0 unspecified atom stereocenters. The average Bonchev–Trinajstić information content (AvgIpc) is 2.92. The minimum Gasteiger partial charge on any atom is -0.297 e. The number of aromatic amines is 1. The Balaban J connectivity index is 2.24.